The van der Waals surface area contributed by atoms with Crippen LogP contribution in [0.2, 0.25) is 0 Å². The fourth-order valence-electron chi connectivity index (χ4n) is 2.74. The van der Waals surface area contributed by atoms with Crippen molar-refractivity contribution < 1.29 is 13.2 Å². The highest BCUT2D eigenvalue weighted by atomic mass is 32.2. The molecule has 1 heterocycles. The third kappa shape index (κ3) is 5.44. The standard InChI is InChI=1S/C17H29N3O3S/c1-14(2)18-24(21,22)20-11-9-19(10-12-20)13-16-7-5-6-8-17(16)23-15(3)4/h5-8,14-15,18H,9-13H2,1-4H3. The largest absolute Gasteiger partial charge is 0.491 e. The molecule has 0 spiro atoms. The van der Waals surface area contributed by atoms with Crippen molar-refractivity contribution in [2.45, 2.75) is 46.4 Å². The SMILES string of the molecule is CC(C)NS(=O)(=O)N1CCN(Cc2ccccc2OC(C)C)CC1. The van der Waals surface area contributed by atoms with E-state index in [0.717, 1.165) is 30.9 Å². The molecule has 0 aromatic heterocycles. The van der Waals surface area contributed by atoms with Crippen LogP contribution in [0.4, 0.5) is 0 Å². The Morgan fingerprint density at radius 1 is 1.08 bits per heavy atom. The Hall–Kier alpha value is -1.15. The molecule has 2 rings (SSSR count). The van der Waals surface area contributed by atoms with Crippen LogP contribution in [0.15, 0.2) is 24.3 Å². The van der Waals surface area contributed by atoms with E-state index >= 15 is 0 Å². The number of benzene rings is 1. The first-order chi connectivity index (χ1) is 11.3. The summed E-state index contributed by atoms with van der Waals surface area (Å²) in [4.78, 5) is 2.27. The third-order valence-electron chi connectivity index (χ3n) is 3.79. The second-order valence-electron chi connectivity index (χ2n) is 6.73. The summed E-state index contributed by atoms with van der Waals surface area (Å²) in [6.07, 6.45) is 0.134. The van der Waals surface area contributed by atoms with E-state index in [-0.39, 0.29) is 12.1 Å². The van der Waals surface area contributed by atoms with Gasteiger partial charge in [0.05, 0.1) is 6.10 Å². The number of rotatable bonds is 7. The van der Waals surface area contributed by atoms with Crippen molar-refractivity contribution in [2.75, 3.05) is 26.2 Å². The minimum Gasteiger partial charge on any atom is -0.491 e. The maximum atomic E-state index is 12.2. The Labute approximate surface area is 146 Å². The monoisotopic (exact) mass is 355 g/mol. The molecule has 0 radical (unpaired) electrons. The van der Waals surface area contributed by atoms with Gasteiger partial charge in [-0.3, -0.25) is 4.90 Å². The van der Waals surface area contributed by atoms with Crippen molar-refractivity contribution in [2.24, 2.45) is 0 Å². The Bertz CT molecular complexity index is 624. The van der Waals surface area contributed by atoms with Crippen LogP contribution in [-0.2, 0) is 16.8 Å². The second kappa shape index (κ2) is 8.29. The topological polar surface area (TPSA) is 61.9 Å². The van der Waals surface area contributed by atoms with Crippen molar-refractivity contribution in [3.63, 3.8) is 0 Å². The normalized spacial score (nSPS) is 17.6. The molecular formula is C17H29N3O3S. The number of ether oxygens (including phenoxy) is 1. The summed E-state index contributed by atoms with van der Waals surface area (Å²) in [6, 6.07) is 7.95. The van der Waals surface area contributed by atoms with Crippen molar-refractivity contribution in [1.29, 1.82) is 0 Å². The molecule has 136 valence electrons. The van der Waals surface area contributed by atoms with E-state index < -0.39 is 10.2 Å². The molecule has 1 saturated heterocycles. The second-order valence-corrected chi connectivity index (χ2v) is 8.43. The highest BCUT2D eigenvalue weighted by Gasteiger charge is 2.27. The summed E-state index contributed by atoms with van der Waals surface area (Å²) in [7, 11) is -3.37. The molecule has 1 aliphatic heterocycles. The smallest absolute Gasteiger partial charge is 0.279 e. The third-order valence-corrected chi connectivity index (χ3v) is 5.60. The molecule has 0 unspecified atom stereocenters. The molecule has 0 bridgehead atoms. The number of para-hydroxylation sites is 1. The Balaban J connectivity index is 1.94. The molecule has 0 atom stereocenters. The van der Waals surface area contributed by atoms with Gasteiger partial charge in [-0.1, -0.05) is 18.2 Å². The molecule has 24 heavy (non-hydrogen) atoms. The predicted molar refractivity (Wildman–Crippen MR) is 96.2 cm³/mol. The van der Waals surface area contributed by atoms with Gasteiger partial charge in [0.15, 0.2) is 0 Å². The van der Waals surface area contributed by atoms with E-state index in [1.807, 2.05) is 45.9 Å². The number of nitrogens with one attached hydrogen (secondary N) is 1. The lowest BCUT2D eigenvalue weighted by molar-refractivity contribution is 0.175. The lowest BCUT2D eigenvalue weighted by Gasteiger charge is -2.34. The highest BCUT2D eigenvalue weighted by Crippen LogP contribution is 2.22. The highest BCUT2D eigenvalue weighted by molar-refractivity contribution is 7.87. The van der Waals surface area contributed by atoms with Gasteiger partial charge in [0.2, 0.25) is 0 Å². The molecule has 0 saturated carbocycles. The zero-order valence-corrected chi connectivity index (χ0v) is 15.8. The van der Waals surface area contributed by atoms with E-state index in [1.54, 1.807) is 0 Å². The Morgan fingerprint density at radius 2 is 1.71 bits per heavy atom. The zero-order valence-electron chi connectivity index (χ0n) is 15.0. The molecule has 1 aromatic rings. The van der Waals surface area contributed by atoms with Crippen molar-refractivity contribution in [1.82, 2.24) is 13.9 Å². The lowest BCUT2D eigenvalue weighted by atomic mass is 10.1. The Kier molecular flexibility index (Phi) is 6.62. The average Bonchev–Trinajstić information content (AvgIpc) is 2.48. The van der Waals surface area contributed by atoms with Gasteiger partial charge in [-0.15, -0.1) is 0 Å². The molecule has 1 N–H and O–H groups in total. The van der Waals surface area contributed by atoms with Crippen molar-refractivity contribution >= 4 is 10.2 Å². The van der Waals surface area contributed by atoms with Gasteiger partial charge in [0, 0.05) is 44.3 Å². The maximum Gasteiger partial charge on any atom is 0.279 e. The van der Waals surface area contributed by atoms with Gasteiger partial charge >= 0.3 is 0 Å². The number of piperazine rings is 1. The van der Waals surface area contributed by atoms with Crippen LogP contribution in [0.1, 0.15) is 33.3 Å². The van der Waals surface area contributed by atoms with Gasteiger partial charge in [0.1, 0.15) is 5.75 Å². The number of hydrogen-bond donors (Lipinski definition) is 1. The molecule has 0 amide bonds. The number of nitrogens with zero attached hydrogens (tertiary/aromatic N) is 2. The van der Waals surface area contributed by atoms with Crippen LogP contribution in [0.3, 0.4) is 0 Å². The van der Waals surface area contributed by atoms with Crippen LogP contribution < -0.4 is 9.46 Å². The molecule has 1 fully saturated rings. The van der Waals surface area contributed by atoms with E-state index in [0.29, 0.717) is 13.1 Å². The van der Waals surface area contributed by atoms with Gasteiger partial charge in [-0.25, -0.2) is 0 Å². The maximum absolute atomic E-state index is 12.2. The molecule has 7 heteroatoms. The van der Waals surface area contributed by atoms with Crippen LogP contribution >= 0.6 is 0 Å². The van der Waals surface area contributed by atoms with Crippen molar-refractivity contribution in [3.8, 4) is 5.75 Å². The average molecular weight is 356 g/mol. The predicted octanol–water partition coefficient (Wildman–Crippen LogP) is 1.83. The fraction of sp³-hybridized carbons (Fsp3) is 0.647. The molecule has 1 aromatic carbocycles. The van der Waals surface area contributed by atoms with E-state index in [9.17, 15) is 8.42 Å². The summed E-state index contributed by atoms with van der Waals surface area (Å²) in [5.74, 6) is 0.907. The first-order valence-corrected chi connectivity index (χ1v) is 9.96. The quantitative estimate of drug-likeness (QED) is 0.811. The molecule has 1 aliphatic rings. The van der Waals surface area contributed by atoms with E-state index in [4.69, 9.17) is 4.74 Å². The molecule has 0 aliphatic carbocycles. The molecule has 6 nitrogen and oxygen atoms in total. The van der Waals surface area contributed by atoms with Gasteiger partial charge in [0.25, 0.3) is 10.2 Å². The van der Waals surface area contributed by atoms with Gasteiger partial charge in [-0.05, 0) is 33.8 Å². The van der Waals surface area contributed by atoms with Gasteiger partial charge < -0.3 is 4.74 Å². The number of hydrogen-bond acceptors (Lipinski definition) is 4. The Morgan fingerprint density at radius 3 is 2.29 bits per heavy atom. The zero-order chi connectivity index (χ0) is 17.7. The first kappa shape index (κ1) is 19.2. The van der Waals surface area contributed by atoms with E-state index in [2.05, 4.69) is 15.7 Å². The van der Waals surface area contributed by atoms with Crippen LogP contribution in [0.25, 0.3) is 0 Å². The minimum absolute atomic E-state index is 0.0897. The van der Waals surface area contributed by atoms with Crippen LogP contribution in [-0.4, -0.2) is 55.9 Å². The van der Waals surface area contributed by atoms with Crippen molar-refractivity contribution in [3.05, 3.63) is 29.8 Å². The van der Waals surface area contributed by atoms with E-state index in [1.165, 1.54) is 4.31 Å². The lowest BCUT2D eigenvalue weighted by Crippen LogP contribution is -2.52. The van der Waals surface area contributed by atoms with Crippen LogP contribution in [0, 0.1) is 0 Å². The molecular weight excluding hydrogens is 326 g/mol. The summed E-state index contributed by atoms with van der Waals surface area (Å²) < 4.78 is 34.5. The first-order valence-electron chi connectivity index (χ1n) is 8.52. The summed E-state index contributed by atoms with van der Waals surface area (Å²) in [6.45, 7) is 10.9. The minimum atomic E-state index is -3.37. The summed E-state index contributed by atoms with van der Waals surface area (Å²) >= 11 is 0. The fourth-order valence-corrected chi connectivity index (χ4v) is 4.13. The van der Waals surface area contributed by atoms with Crippen LogP contribution in [0.5, 0.6) is 5.75 Å². The summed E-state index contributed by atoms with van der Waals surface area (Å²) in [5.41, 5.74) is 1.14. The summed E-state index contributed by atoms with van der Waals surface area (Å²) in [5, 5.41) is 0. The van der Waals surface area contributed by atoms with Gasteiger partial charge in [-0.2, -0.15) is 17.4 Å².